The van der Waals surface area contributed by atoms with Gasteiger partial charge in [-0.15, -0.1) is 0 Å². The number of nitrogens with zero attached hydrogens (tertiary/aromatic N) is 1. The van der Waals surface area contributed by atoms with Crippen molar-refractivity contribution < 1.29 is 9.47 Å². The summed E-state index contributed by atoms with van der Waals surface area (Å²) in [5.41, 5.74) is 3.15. The molecule has 3 rings (SSSR count). The summed E-state index contributed by atoms with van der Waals surface area (Å²) in [6, 6.07) is 5.30. The van der Waals surface area contributed by atoms with Gasteiger partial charge in [0.15, 0.2) is 0 Å². The van der Waals surface area contributed by atoms with E-state index in [2.05, 4.69) is 5.43 Å². The van der Waals surface area contributed by atoms with Crippen molar-refractivity contribution in [3.05, 3.63) is 52.5 Å². The summed E-state index contributed by atoms with van der Waals surface area (Å²) in [7, 11) is 0. The van der Waals surface area contributed by atoms with Crippen LogP contribution in [0.3, 0.4) is 0 Å². The largest absolute Gasteiger partial charge is 0.454 e. The lowest BCUT2D eigenvalue weighted by molar-refractivity contribution is -0.0801. The van der Waals surface area contributed by atoms with E-state index in [1.807, 2.05) is 17.3 Å². The first-order chi connectivity index (χ1) is 10.2. The zero-order chi connectivity index (χ0) is 14.7. The normalized spacial score (nSPS) is 21.7. The highest BCUT2D eigenvalue weighted by atomic mass is 35.5. The summed E-state index contributed by atoms with van der Waals surface area (Å²) >= 11 is 12.1. The highest BCUT2D eigenvalue weighted by Gasteiger charge is 2.20. The van der Waals surface area contributed by atoms with E-state index in [4.69, 9.17) is 32.7 Å². The number of hydrogen-bond donors (Lipinski definition) is 1. The van der Waals surface area contributed by atoms with Crippen LogP contribution in [0.1, 0.15) is 19.3 Å². The van der Waals surface area contributed by atoms with E-state index >= 15 is 0 Å². The summed E-state index contributed by atoms with van der Waals surface area (Å²) in [6.07, 6.45) is 8.95. The Kier molecular flexibility index (Phi) is 4.58. The molecule has 1 fully saturated rings. The molecule has 0 radical (unpaired) electrons. The van der Waals surface area contributed by atoms with Crippen LogP contribution in [0.5, 0.6) is 5.75 Å². The van der Waals surface area contributed by atoms with Gasteiger partial charge < -0.3 is 14.9 Å². The van der Waals surface area contributed by atoms with Crippen molar-refractivity contribution in [2.75, 3.05) is 6.61 Å². The minimum atomic E-state index is 0.0718. The van der Waals surface area contributed by atoms with Crippen LogP contribution in [-0.2, 0) is 4.74 Å². The Morgan fingerprint density at radius 2 is 2.19 bits per heavy atom. The first kappa shape index (κ1) is 14.6. The standard InChI is InChI=1S/C15H16Cl2N2O2/c16-12-4-3-5-13(15(12)17)21-11-7-8-19(18-10-11)14-6-1-2-9-20-14/h3-5,7-8,10,14,18H,1-2,6,9H2. The number of benzene rings is 1. The zero-order valence-corrected chi connectivity index (χ0v) is 12.9. The van der Waals surface area contributed by atoms with Crippen molar-refractivity contribution in [2.24, 2.45) is 0 Å². The minimum absolute atomic E-state index is 0.0718. The minimum Gasteiger partial charge on any atom is -0.454 e. The van der Waals surface area contributed by atoms with Gasteiger partial charge in [0.25, 0.3) is 0 Å². The lowest BCUT2D eigenvalue weighted by Gasteiger charge is -2.34. The number of rotatable bonds is 3. The molecule has 0 spiro atoms. The smallest absolute Gasteiger partial charge is 0.147 e. The van der Waals surface area contributed by atoms with Crippen molar-refractivity contribution in [3.8, 4) is 5.75 Å². The van der Waals surface area contributed by atoms with Crippen LogP contribution in [0.4, 0.5) is 0 Å². The molecule has 0 saturated carbocycles. The van der Waals surface area contributed by atoms with Gasteiger partial charge in [-0.2, -0.15) is 0 Å². The third kappa shape index (κ3) is 3.46. The van der Waals surface area contributed by atoms with Gasteiger partial charge in [-0.25, -0.2) is 0 Å². The lowest BCUT2D eigenvalue weighted by Crippen LogP contribution is -2.43. The van der Waals surface area contributed by atoms with Gasteiger partial charge in [-0.05, 0) is 31.4 Å². The van der Waals surface area contributed by atoms with Crippen molar-refractivity contribution in [1.29, 1.82) is 0 Å². The maximum atomic E-state index is 6.10. The van der Waals surface area contributed by atoms with E-state index in [1.165, 1.54) is 6.42 Å². The van der Waals surface area contributed by atoms with Gasteiger partial charge in [0, 0.05) is 18.9 Å². The fourth-order valence-corrected chi connectivity index (χ4v) is 2.59. The molecule has 112 valence electrons. The number of hydrazine groups is 1. The lowest BCUT2D eigenvalue weighted by atomic mass is 10.2. The Morgan fingerprint density at radius 1 is 1.29 bits per heavy atom. The molecule has 1 aromatic rings. The molecule has 2 aliphatic rings. The first-order valence-corrected chi connectivity index (χ1v) is 7.66. The molecular formula is C15H16Cl2N2O2. The van der Waals surface area contributed by atoms with Gasteiger partial charge in [0.05, 0.1) is 11.2 Å². The van der Waals surface area contributed by atoms with Crippen molar-refractivity contribution in [1.82, 2.24) is 10.4 Å². The number of halogens is 2. The molecule has 4 nitrogen and oxygen atoms in total. The third-order valence-electron chi connectivity index (χ3n) is 3.37. The van der Waals surface area contributed by atoms with E-state index in [0.717, 1.165) is 19.4 Å². The molecule has 6 heteroatoms. The average molecular weight is 327 g/mol. The Morgan fingerprint density at radius 3 is 2.90 bits per heavy atom. The second-order valence-electron chi connectivity index (χ2n) is 4.87. The Bertz CT molecular complexity index is 569. The fourth-order valence-electron chi connectivity index (χ4n) is 2.26. The summed E-state index contributed by atoms with van der Waals surface area (Å²) in [6.45, 7) is 0.807. The maximum Gasteiger partial charge on any atom is 0.147 e. The molecule has 0 amide bonds. The third-order valence-corrected chi connectivity index (χ3v) is 4.17. The van der Waals surface area contributed by atoms with Crippen LogP contribution < -0.4 is 10.2 Å². The predicted octanol–water partition coefficient (Wildman–Crippen LogP) is 4.07. The topological polar surface area (TPSA) is 33.7 Å². The van der Waals surface area contributed by atoms with Crippen LogP contribution in [0.25, 0.3) is 0 Å². The van der Waals surface area contributed by atoms with E-state index in [-0.39, 0.29) is 6.23 Å². The summed E-state index contributed by atoms with van der Waals surface area (Å²) in [4.78, 5) is 0. The molecule has 1 N–H and O–H groups in total. The molecule has 1 atom stereocenters. The monoisotopic (exact) mass is 326 g/mol. The molecule has 1 aromatic carbocycles. The molecule has 0 aromatic heterocycles. The molecule has 2 heterocycles. The van der Waals surface area contributed by atoms with Gasteiger partial charge in [-0.3, -0.25) is 5.01 Å². The van der Waals surface area contributed by atoms with Crippen LogP contribution in [-0.4, -0.2) is 17.8 Å². The van der Waals surface area contributed by atoms with E-state index in [1.54, 1.807) is 24.4 Å². The number of hydrogen-bond acceptors (Lipinski definition) is 4. The molecule has 0 aliphatic carbocycles. The molecule has 21 heavy (non-hydrogen) atoms. The summed E-state index contributed by atoms with van der Waals surface area (Å²) in [5, 5.41) is 2.82. The quantitative estimate of drug-likeness (QED) is 0.907. The van der Waals surface area contributed by atoms with Gasteiger partial charge in [0.1, 0.15) is 22.8 Å². The molecule has 2 aliphatic heterocycles. The van der Waals surface area contributed by atoms with Crippen molar-refractivity contribution in [3.63, 3.8) is 0 Å². The zero-order valence-electron chi connectivity index (χ0n) is 11.4. The Hall–Kier alpha value is -1.36. The van der Waals surface area contributed by atoms with Crippen LogP contribution in [0.2, 0.25) is 10.0 Å². The van der Waals surface area contributed by atoms with Crippen LogP contribution >= 0.6 is 23.2 Å². The van der Waals surface area contributed by atoms with Gasteiger partial charge in [0.2, 0.25) is 0 Å². The SMILES string of the molecule is Clc1cccc(OC2=CNN(C3CCCCO3)C=C2)c1Cl. The molecule has 1 saturated heterocycles. The first-order valence-electron chi connectivity index (χ1n) is 6.90. The van der Waals surface area contributed by atoms with Crippen LogP contribution in [0, 0.1) is 0 Å². The fraction of sp³-hybridized carbons (Fsp3) is 0.333. The maximum absolute atomic E-state index is 6.10. The van der Waals surface area contributed by atoms with E-state index < -0.39 is 0 Å². The predicted molar refractivity (Wildman–Crippen MR) is 82.9 cm³/mol. The van der Waals surface area contributed by atoms with E-state index in [9.17, 15) is 0 Å². The van der Waals surface area contributed by atoms with Crippen LogP contribution in [0.15, 0.2) is 42.4 Å². The highest BCUT2D eigenvalue weighted by Crippen LogP contribution is 2.33. The molecular weight excluding hydrogens is 311 g/mol. The highest BCUT2D eigenvalue weighted by molar-refractivity contribution is 6.42. The van der Waals surface area contributed by atoms with E-state index in [0.29, 0.717) is 21.6 Å². The number of ether oxygens (including phenoxy) is 2. The van der Waals surface area contributed by atoms with Crippen molar-refractivity contribution >= 4 is 23.2 Å². The summed E-state index contributed by atoms with van der Waals surface area (Å²) in [5.74, 6) is 1.19. The molecule has 1 unspecified atom stereocenters. The van der Waals surface area contributed by atoms with Gasteiger partial charge in [-0.1, -0.05) is 29.3 Å². The van der Waals surface area contributed by atoms with Crippen molar-refractivity contribution in [2.45, 2.75) is 25.5 Å². The molecule has 0 bridgehead atoms. The number of nitrogens with one attached hydrogen (secondary N) is 1. The Labute approximate surface area is 133 Å². The van der Waals surface area contributed by atoms with Gasteiger partial charge >= 0.3 is 0 Å². The number of allylic oxidation sites excluding steroid dienone is 1. The second kappa shape index (κ2) is 6.60. The second-order valence-corrected chi connectivity index (χ2v) is 5.66. The average Bonchev–Trinajstić information content (AvgIpc) is 2.53. The summed E-state index contributed by atoms with van der Waals surface area (Å²) < 4.78 is 11.4. The Balaban J connectivity index is 1.63.